The van der Waals surface area contributed by atoms with Crippen LogP contribution >= 0.6 is 11.3 Å². The third-order valence-electron chi connectivity index (χ3n) is 4.42. The normalized spacial score (nSPS) is 17.2. The van der Waals surface area contributed by atoms with E-state index in [1.165, 1.54) is 11.3 Å². The number of hydrogen-bond acceptors (Lipinski definition) is 5. The summed E-state index contributed by atoms with van der Waals surface area (Å²) in [6, 6.07) is 0.269. The largest absolute Gasteiger partial charge is 0.324 e. The lowest BCUT2D eigenvalue weighted by Crippen LogP contribution is -2.41. The van der Waals surface area contributed by atoms with Gasteiger partial charge in [0.15, 0.2) is 5.13 Å². The number of hydrogen-bond donors (Lipinski definition) is 1. The molecule has 1 fully saturated rings. The molecule has 0 bridgehead atoms. The first-order chi connectivity index (χ1) is 11.2. The molecule has 1 aliphatic heterocycles. The molecule has 3 heterocycles. The summed E-state index contributed by atoms with van der Waals surface area (Å²) in [4.78, 5) is 22.7. The average molecular weight is 334 g/mol. The maximum absolute atomic E-state index is 12.4. The van der Waals surface area contributed by atoms with Gasteiger partial charge >= 0.3 is 6.03 Å². The molecule has 7 nitrogen and oxygen atoms in total. The highest BCUT2D eigenvalue weighted by Crippen LogP contribution is 2.25. The van der Waals surface area contributed by atoms with Gasteiger partial charge in [0.2, 0.25) is 0 Å². The zero-order chi connectivity index (χ0) is 16.2. The van der Waals surface area contributed by atoms with Crippen LogP contribution in [-0.4, -0.2) is 43.8 Å². The van der Waals surface area contributed by atoms with E-state index in [-0.39, 0.29) is 6.03 Å². The summed E-state index contributed by atoms with van der Waals surface area (Å²) in [7, 11) is 0. The van der Waals surface area contributed by atoms with Crippen LogP contribution in [0.2, 0.25) is 0 Å². The van der Waals surface area contributed by atoms with E-state index in [0.717, 1.165) is 38.0 Å². The Labute approximate surface area is 139 Å². The van der Waals surface area contributed by atoms with Crippen LogP contribution < -0.4 is 5.32 Å². The summed E-state index contributed by atoms with van der Waals surface area (Å²) in [5.74, 6) is 0.426. The van der Waals surface area contributed by atoms with Crippen molar-refractivity contribution in [2.45, 2.75) is 45.1 Å². The van der Waals surface area contributed by atoms with Crippen molar-refractivity contribution in [3.8, 4) is 0 Å². The smallest absolute Gasteiger partial charge is 0.323 e. The zero-order valence-electron chi connectivity index (χ0n) is 13.5. The molecule has 8 heteroatoms. The molecule has 124 valence electrons. The van der Waals surface area contributed by atoms with Gasteiger partial charge in [0.05, 0.1) is 11.7 Å². The molecule has 2 aromatic rings. The Balaban J connectivity index is 1.52. The van der Waals surface area contributed by atoms with Gasteiger partial charge < -0.3 is 4.90 Å². The highest BCUT2D eigenvalue weighted by molar-refractivity contribution is 7.13. The van der Waals surface area contributed by atoms with Gasteiger partial charge in [0, 0.05) is 18.5 Å². The van der Waals surface area contributed by atoms with Crippen LogP contribution in [0.5, 0.6) is 0 Å². The van der Waals surface area contributed by atoms with Crippen LogP contribution in [0.25, 0.3) is 0 Å². The summed E-state index contributed by atoms with van der Waals surface area (Å²) in [6.45, 7) is 5.73. The van der Waals surface area contributed by atoms with Gasteiger partial charge in [-0.2, -0.15) is 5.10 Å². The second-order valence-corrected chi connectivity index (χ2v) is 6.77. The summed E-state index contributed by atoms with van der Waals surface area (Å²) in [5, 5.41) is 9.82. The maximum atomic E-state index is 12.4. The van der Waals surface area contributed by atoms with Crippen molar-refractivity contribution in [1.29, 1.82) is 0 Å². The third-order valence-corrected chi connectivity index (χ3v) is 5.19. The number of carbonyl (C=O) groups excluding carboxylic acids is 1. The van der Waals surface area contributed by atoms with E-state index in [1.807, 2.05) is 15.0 Å². The van der Waals surface area contributed by atoms with E-state index >= 15 is 0 Å². The fourth-order valence-electron chi connectivity index (χ4n) is 2.69. The topological polar surface area (TPSA) is 75.9 Å². The number of nitrogens with one attached hydrogen (secondary N) is 1. The lowest BCUT2D eigenvalue weighted by Gasteiger charge is -2.31. The van der Waals surface area contributed by atoms with Crippen LogP contribution in [0.3, 0.4) is 0 Å². The van der Waals surface area contributed by atoms with E-state index in [4.69, 9.17) is 0 Å². The second-order valence-electron chi connectivity index (χ2n) is 5.91. The van der Waals surface area contributed by atoms with Crippen molar-refractivity contribution in [2.75, 3.05) is 18.4 Å². The number of aromatic nitrogens is 4. The van der Waals surface area contributed by atoms with Gasteiger partial charge in [-0.25, -0.2) is 19.4 Å². The van der Waals surface area contributed by atoms with Gasteiger partial charge in [-0.3, -0.25) is 5.32 Å². The van der Waals surface area contributed by atoms with Gasteiger partial charge in [-0.15, -0.1) is 11.3 Å². The molecule has 0 saturated carbocycles. The molecule has 23 heavy (non-hydrogen) atoms. The fraction of sp³-hybridized carbons (Fsp3) is 0.600. The summed E-state index contributed by atoms with van der Waals surface area (Å²) in [6.07, 6.45) is 6.13. The van der Waals surface area contributed by atoms with Crippen molar-refractivity contribution in [3.05, 3.63) is 23.7 Å². The van der Waals surface area contributed by atoms with E-state index in [9.17, 15) is 4.79 Å². The fourth-order valence-corrected chi connectivity index (χ4v) is 3.51. The molecule has 1 atom stereocenters. The molecule has 2 aromatic heterocycles. The summed E-state index contributed by atoms with van der Waals surface area (Å²) < 4.78 is 1.88. The Morgan fingerprint density at radius 2 is 2.26 bits per heavy atom. The van der Waals surface area contributed by atoms with Crippen molar-refractivity contribution in [1.82, 2.24) is 24.6 Å². The van der Waals surface area contributed by atoms with Crippen molar-refractivity contribution < 1.29 is 4.79 Å². The summed E-state index contributed by atoms with van der Waals surface area (Å²) in [5.41, 5.74) is 1.05. The van der Waals surface area contributed by atoms with Crippen LogP contribution in [0.15, 0.2) is 18.0 Å². The van der Waals surface area contributed by atoms with Gasteiger partial charge in [-0.1, -0.05) is 13.8 Å². The molecule has 0 spiro atoms. The molecule has 2 amide bonds. The van der Waals surface area contributed by atoms with Gasteiger partial charge in [0.25, 0.3) is 0 Å². The molecule has 1 aliphatic rings. The Bertz CT molecular complexity index is 632. The SMILES string of the molecule is CCC(C)c1csc(NC(=O)N2CCC(n3cncn3)CC2)n1. The number of urea groups is 1. The molecule has 0 aliphatic carbocycles. The number of anilines is 1. The number of amides is 2. The zero-order valence-corrected chi connectivity index (χ0v) is 14.3. The third kappa shape index (κ3) is 3.69. The van der Waals surface area contributed by atoms with Crippen LogP contribution in [-0.2, 0) is 0 Å². The minimum atomic E-state index is -0.0629. The lowest BCUT2D eigenvalue weighted by molar-refractivity contribution is 0.180. The van der Waals surface area contributed by atoms with E-state index in [1.54, 1.807) is 12.7 Å². The predicted molar refractivity (Wildman–Crippen MR) is 89.7 cm³/mol. The maximum Gasteiger partial charge on any atom is 0.323 e. The van der Waals surface area contributed by atoms with Gasteiger partial charge in [-0.05, 0) is 25.2 Å². The first-order valence-electron chi connectivity index (χ1n) is 8.02. The molecule has 1 unspecified atom stereocenters. The number of rotatable bonds is 4. The number of thiazole rings is 1. The minimum absolute atomic E-state index is 0.0629. The lowest BCUT2D eigenvalue weighted by atomic mass is 10.1. The molecule has 3 rings (SSSR count). The Kier molecular flexibility index (Phi) is 4.90. The van der Waals surface area contributed by atoms with Crippen LogP contribution in [0.4, 0.5) is 9.93 Å². The van der Waals surface area contributed by atoms with Crippen molar-refractivity contribution in [3.63, 3.8) is 0 Å². The van der Waals surface area contributed by atoms with Crippen LogP contribution in [0.1, 0.15) is 50.8 Å². The van der Waals surface area contributed by atoms with Crippen LogP contribution in [0, 0.1) is 0 Å². The standard InChI is InChI=1S/C15H22N6OS/c1-3-11(2)13-8-23-14(18-13)19-15(22)20-6-4-12(5-7-20)21-10-16-9-17-21/h8-12H,3-7H2,1-2H3,(H,18,19,22). The Hall–Kier alpha value is -1.96. The highest BCUT2D eigenvalue weighted by Gasteiger charge is 2.24. The predicted octanol–water partition coefficient (Wildman–Crippen LogP) is 3.12. The number of nitrogens with zero attached hydrogens (tertiary/aromatic N) is 5. The highest BCUT2D eigenvalue weighted by atomic mass is 32.1. The molecular formula is C15H22N6OS. The Morgan fingerprint density at radius 1 is 1.48 bits per heavy atom. The summed E-state index contributed by atoms with van der Waals surface area (Å²) >= 11 is 1.49. The quantitative estimate of drug-likeness (QED) is 0.932. The second kappa shape index (κ2) is 7.08. The Morgan fingerprint density at radius 3 is 2.91 bits per heavy atom. The molecule has 1 N–H and O–H groups in total. The van der Waals surface area contributed by atoms with Crippen molar-refractivity contribution >= 4 is 22.5 Å². The van der Waals surface area contributed by atoms with E-state index in [0.29, 0.717) is 17.1 Å². The van der Waals surface area contributed by atoms with Gasteiger partial charge in [0.1, 0.15) is 12.7 Å². The van der Waals surface area contributed by atoms with E-state index < -0.39 is 0 Å². The molecule has 1 saturated heterocycles. The minimum Gasteiger partial charge on any atom is -0.324 e. The number of likely N-dealkylation sites (tertiary alicyclic amines) is 1. The van der Waals surface area contributed by atoms with E-state index in [2.05, 4.69) is 34.2 Å². The van der Waals surface area contributed by atoms with Crippen molar-refractivity contribution in [2.24, 2.45) is 0 Å². The molecule has 0 radical (unpaired) electrons. The monoisotopic (exact) mass is 334 g/mol. The first kappa shape index (κ1) is 15.9. The first-order valence-corrected chi connectivity index (χ1v) is 8.90. The molecular weight excluding hydrogens is 312 g/mol. The molecule has 0 aromatic carbocycles. The number of carbonyl (C=O) groups is 1. The number of piperidine rings is 1. The average Bonchev–Trinajstić information content (AvgIpc) is 3.26.